The predicted octanol–water partition coefficient (Wildman–Crippen LogP) is 4.81. The lowest BCUT2D eigenvalue weighted by molar-refractivity contribution is 0.0389. The molecule has 20 heavy (non-hydrogen) atoms. The molecule has 0 spiro atoms. The highest BCUT2D eigenvalue weighted by atomic mass is 79.9. The van der Waals surface area contributed by atoms with Gasteiger partial charge in [-0.25, -0.2) is 0 Å². The van der Waals surface area contributed by atoms with E-state index in [1.54, 1.807) is 25.1 Å². The Morgan fingerprint density at radius 1 is 1.15 bits per heavy atom. The van der Waals surface area contributed by atoms with Gasteiger partial charge in [-0.1, -0.05) is 34.1 Å². The van der Waals surface area contributed by atoms with Crippen LogP contribution in [0.15, 0.2) is 53.0 Å². The van der Waals surface area contributed by atoms with Gasteiger partial charge in [0.25, 0.3) is 0 Å². The van der Waals surface area contributed by atoms with Crippen molar-refractivity contribution in [2.75, 3.05) is 6.67 Å². The number of hydrogen-bond donors (Lipinski definition) is 1. The number of halogens is 2. The molecule has 0 heterocycles. The van der Waals surface area contributed by atoms with Crippen LogP contribution in [0.1, 0.15) is 18.9 Å². The molecule has 0 bridgehead atoms. The van der Waals surface area contributed by atoms with Crippen molar-refractivity contribution in [3.8, 4) is 11.5 Å². The Bertz CT molecular complexity index is 567. The first-order valence-corrected chi connectivity index (χ1v) is 7.13. The van der Waals surface area contributed by atoms with Crippen molar-refractivity contribution in [2.45, 2.75) is 18.9 Å². The number of benzene rings is 2. The van der Waals surface area contributed by atoms with Crippen LogP contribution in [-0.2, 0) is 5.60 Å². The molecule has 4 heteroatoms. The summed E-state index contributed by atoms with van der Waals surface area (Å²) < 4.78 is 19.3. The van der Waals surface area contributed by atoms with E-state index in [1.807, 2.05) is 30.3 Å². The van der Waals surface area contributed by atoms with Crippen LogP contribution in [0.5, 0.6) is 11.5 Å². The third-order valence-corrected chi connectivity index (χ3v) is 3.62. The summed E-state index contributed by atoms with van der Waals surface area (Å²) in [6.07, 6.45) is 0.0354. The number of aliphatic hydroxyl groups is 1. The Morgan fingerprint density at radius 3 is 2.45 bits per heavy atom. The maximum atomic E-state index is 12.6. The number of rotatable bonds is 5. The van der Waals surface area contributed by atoms with Gasteiger partial charge >= 0.3 is 0 Å². The zero-order chi connectivity index (χ0) is 14.6. The lowest BCUT2D eigenvalue weighted by Crippen LogP contribution is -2.22. The van der Waals surface area contributed by atoms with Crippen molar-refractivity contribution >= 4 is 15.9 Å². The van der Waals surface area contributed by atoms with Gasteiger partial charge in [0.2, 0.25) is 0 Å². The van der Waals surface area contributed by atoms with Crippen LogP contribution in [0.4, 0.5) is 4.39 Å². The monoisotopic (exact) mass is 338 g/mol. The lowest BCUT2D eigenvalue weighted by atomic mass is 9.92. The second kappa shape index (κ2) is 6.37. The summed E-state index contributed by atoms with van der Waals surface area (Å²) in [5.74, 6) is 1.20. The molecular formula is C16H16BrFO2. The Balaban J connectivity index is 2.30. The molecule has 0 amide bonds. The van der Waals surface area contributed by atoms with E-state index in [0.717, 1.165) is 4.47 Å². The molecule has 0 saturated carbocycles. The van der Waals surface area contributed by atoms with Crippen LogP contribution in [0, 0.1) is 0 Å². The molecule has 2 rings (SSSR count). The Hall–Kier alpha value is -1.39. The molecule has 0 aromatic heterocycles. The van der Waals surface area contributed by atoms with Crippen molar-refractivity contribution in [2.24, 2.45) is 0 Å². The molecule has 106 valence electrons. The fraction of sp³-hybridized carbons (Fsp3) is 0.250. The van der Waals surface area contributed by atoms with Crippen LogP contribution in [0.3, 0.4) is 0 Å². The van der Waals surface area contributed by atoms with Crippen LogP contribution < -0.4 is 4.74 Å². The van der Waals surface area contributed by atoms with E-state index in [2.05, 4.69) is 15.9 Å². The Morgan fingerprint density at radius 2 is 1.80 bits per heavy atom. The topological polar surface area (TPSA) is 29.5 Å². The fourth-order valence-corrected chi connectivity index (χ4v) is 2.21. The lowest BCUT2D eigenvalue weighted by Gasteiger charge is -2.25. The van der Waals surface area contributed by atoms with E-state index in [-0.39, 0.29) is 6.42 Å². The average molecular weight is 339 g/mol. The highest BCUT2D eigenvalue weighted by Crippen LogP contribution is 2.35. The van der Waals surface area contributed by atoms with Crippen molar-refractivity contribution < 1.29 is 14.2 Å². The third kappa shape index (κ3) is 3.58. The highest BCUT2D eigenvalue weighted by molar-refractivity contribution is 9.10. The van der Waals surface area contributed by atoms with Crippen molar-refractivity contribution in [3.63, 3.8) is 0 Å². The minimum Gasteiger partial charge on any atom is -0.457 e. The van der Waals surface area contributed by atoms with E-state index < -0.39 is 12.3 Å². The van der Waals surface area contributed by atoms with Crippen LogP contribution in [0.25, 0.3) is 0 Å². The molecule has 1 N–H and O–H groups in total. The van der Waals surface area contributed by atoms with Gasteiger partial charge in [-0.15, -0.1) is 0 Å². The quantitative estimate of drug-likeness (QED) is 0.847. The fourth-order valence-electron chi connectivity index (χ4n) is 1.95. The van der Waals surface area contributed by atoms with Gasteiger partial charge in [0.1, 0.15) is 11.5 Å². The molecule has 0 aliphatic carbocycles. The van der Waals surface area contributed by atoms with E-state index >= 15 is 0 Å². The summed E-state index contributed by atoms with van der Waals surface area (Å²) in [6, 6.07) is 14.5. The van der Waals surface area contributed by atoms with Gasteiger partial charge in [-0.3, -0.25) is 4.39 Å². The second-order valence-corrected chi connectivity index (χ2v) is 5.68. The smallest absolute Gasteiger partial charge is 0.133 e. The summed E-state index contributed by atoms with van der Waals surface area (Å²) in [5, 5.41) is 10.4. The summed E-state index contributed by atoms with van der Waals surface area (Å²) in [7, 11) is 0. The molecule has 0 saturated heterocycles. The molecule has 0 aliphatic rings. The first-order valence-electron chi connectivity index (χ1n) is 6.34. The van der Waals surface area contributed by atoms with Crippen LogP contribution in [0.2, 0.25) is 0 Å². The zero-order valence-corrected chi connectivity index (χ0v) is 12.7. The highest BCUT2D eigenvalue weighted by Gasteiger charge is 2.26. The summed E-state index contributed by atoms with van der Waals surface area (Å²) in [4.78, 5) is 0. The number of para-hydroxylation sites is 1. The summed E-state index contributed by atoms with van der Waals surface area (Å²) in [6.45, 7) is 1.01. The van der Waals surface area contributed by atoms with Crippen molar-refractivity contribution in [1.29, 1.82) is 0 Å². The minimum absolute atomic E-state index is 0.0354. The predicted molar refractivity (Wildman–Crippen MR) is 80.8 cm³/mol. The van der Waals surface area contributed by atoms with Gasteiger partial charge in [0, 0.05) is 16.5 Å². The van der Waals surface area contributed by atoms with Gasteiger partial charge < -0.3 is 9.84 Å². The first kappa shape index (κ1) is 15.0. The molecule has 2 aromatic carbocycles. The molecule has 1 atom stereocenters. The van der Waals surface area contributed by atoms with Crippen molar-refractivity contribution in [1.82, 2.24) is 0 Å². The van der Waals surface area contributed by atoms with Gasteiger partial charge in [-0.2, -0.15) is 0 Å². The molecule has 1 unspecified atom stereocenters. The normalized spacial score (nSPS) is 13.8. The van der Waals surface area contributed by atoms with Crippen LogP contribution in [-0.4, -0.2) is 11.8 Å². The zero-order valence-electron chi connectivity index (χ0n) is 11.1. The Kier molecular flexibility index (Phi) is 4.78. The number of ether oxygens (including phenoxy) is 1. The van der Waals surface area contributed by atoms with E-state index in [1.165, 1.54) is 0 Å². The molecule has 0 fully saturated rings. The number of hydrogen-bond acceptors (Lipinski definition) is 2. The molecular weight excluding hydrogens is 323 g/mol. The first-order chi connectivity index (χ1) is 9.53. The molecule has 0 aliphatic heterocycles. The maximum absolute atomic E-state index is 12.6. The van der Waals surface area contributed by atoms with Crippen LogP contribution >= 0.6 is 15.9 Å². The summed E-state index contributed by atoms with van der Waals surface area (Å²) >= 11 is 3.36. The van der Waals surface area contributed by atoms with E-state index in [0.29, 0.717) is 17.1 Å². The molecule has 2 aromatic rings. The molecule has 0 radical (unpaired) electrons. The third-order valence-electron chi connectivity index (χ3n) is 3.09. The van der Waals surface area contributed by atoms with E-state index in [9.17, 15) is 9.50 Å². The average Bonchev–Trinajstić information content (AvgIpc) is 2.42. The second-order valence-electron chi connectivity index (χ2n) is 4.76. The van der Waals surface area contributed by atoms with Gasteiger partial charge in [0.05, 0.1) is 12.3 Å². The standard InChI is InChI=1S/C16H16BrFO2/c1-16(19,10-11-18)14-4-2-3-5-15(14)20-13-8-6-12(17)7-9-13/h2-9,19H,10-11H2,1H3. The SMILES string of the molecule is CC(O)(CCF)c1ccccc1Oc1ccc(Br)cc1. The Labute approximate surface area is 126 Å². The van der Waals surface area contributed by atoms with E-state index in [4.69, 9.17) is 4.74 Å². The summed E-state index contributed by atoms with van der Waals surface area (Å²) in [5.41, 5.74) is -0.665. The largest absolute Gasteiger partial charge is 0.457 e. The van der Waals surface area contributed by atoms with Gasteiger partial charge in [0.15, 0.2) is 0 Å². The van der Waals surface area contributed by atoms with Gasteiger partial charge in [-0.05, 0) is 37.3 Å². The number of alkyl halides is 1. The van der Waals surface area contributed by atoms with Crippen molar-refractivity contribution in [3.05, 3.63) is 58.6 Å². The molecule has 2 nitrogen and oxygen atoms in total. The maximum Gasteiger partial charge on any atom is 0.133 e. The minimum atomic E-state index is -1.25.